The molecule has 2 aromatic rings. The molecule has 0 saturated heterocycles. The summed E-state index contributed by atoms with van der Waals surface area (Å²) in [5.41, 5.74) is 10.0. The van der Waals surface area contributed by atoms with Crippen LogP contribution < -0.4 is 22.8 Å². The van der Waals surface area contributed by atoms with Gasteiger partial charge in [-0.1, -0.05) is 0 Å². The molecule has 0 radical (unpaired) electrons. The Hall–Kier alpha value is -3.01. The van der Waals surface area contributed by atoms with Gasteiger partial charge < -0.3 is 16.6 Å². The number of nitrogens with zero attached hydrogens (tertiary/aromatic N) is 2. The van der Waals surface area contributed by atoms with Gasteiger partial charge in [0.25, 0.3) is 0 Å². The molecule has 0 aliphatic carbocycles. The number of nitrogen functional groups attached to an aromatic ring is 2. The summed E-state index contributed by atoms with van der Waals surface area (Å²) in [7, 11) is 0. The Kier molecular flexibility index (Phi) is 5.12. The minimum atomic E-state index is -0.553. The number of hydrogen-bond donors (Lipinski definition) is 5. The van der Waals surface area contributed by atoms with Gasteiger partial charge in [-0.2, -0.15) is 0 Å². The van der Waals surface area contributed by atoms with Crippen molar-refractivity contribution in [3.8, 4) is 0 Å². The molecule has 0 atom stereocenters. The molecular weight excluding hydrogens is 268 g/mol. The molecular formula is C10H12N6O4. The highest BCUT2D eigenvalue weighted by Crippen LogP contribution is 2.00. The smallest absolute Gasteiger partial charge is 0.346 e. The molecule has 0 bridgehead atoms. The molecule has 2 aromatic heterocycles. The lowest BCUT2D eigenvalue weighted by Gasteiger charge is -1.97. The highest BCUT2D eigenvalue weighted by molar-refractivity contribution is 5.80. The van der Waals surface area contributed by atoms with Crippen molar-refractivity contribution in [3.63, 3.8) is 0 Å². The van der Waals surface area contributed by atoms with Crippen LogP contribution in [0.1, 0.15) is 15.9 Å². The van der Waals surface area contributed by atoms with Gasteiger partial charge in [-0.3, -0.25) is 14.8 Å². The maximum atomic E-state index is 10.4. The Balaban J connectivity index is 0.000000200. The number of carbonyl (C=O) groups excluding carboxylic acids is 1. The van der Waals surface area contributed by atoms with E-state index in [1.165, 1.54) is 6.20 Å². The van der Waals surface area contributed by atoms with Gasteiger partial charge in [0.1, 0.15) is 11.6 Å². The Morgan fingerprint density at radius 2 is 1.65 bits per heavy atom. The SMILES string of the molecule is Nc1[nH]c(=O)ncc1C=O.Nc1[nH]c(=O)ncc1CO. The van der Waals surface area contributed by atoms with E-state index >= 15 is 0 Å². The summed E-state index contributed by atoms with van der Waals surface area (Å²) in [6, 6.07) is 0. The molecule has 106 valence electrons. The largest absolute Gasteiger partial charge is 0.391 e. The van der Waals surface area contributed by atoms with Crippen LogP contribution in [0.15, 0.2) is 22.0 Å². The van der Waals surface area contributed by atoms with Crippen LogP contribution in [0.5, 0.6) is 0 Å². The summed E-state index contributed by atoms with van der Waals surface area (Å²) in [4.78, 5) is 42.0. The normalized spacial score (nSPS) is 9.45. The van der Waals surface area contributed by atoms with Crippen LogP contribution in [0.3, 0.4) is 0 Å². The number of hydrogen-bond acceptors (Lipinski definition) is 8. The minimum absolute atomic E-state index is 0.0509. The third-order valence-electron chi connectivity index (χ3n) is 2.10. The van der Waals surface area contributed by atoms with Crippen LogP contribution >= 0.6 is 0 Å². The Bertz CT molecular complexity index is 707. The fraction of sp³-hybridized carbons (Fsp3) is 0.100. The molecule has 0 aromatic carbocycles. The van der Waals surface area contributed by atoms with E-state index in [4.69, 9.17) is 16.6 Å². The molecule has 2 heterocycles. The van der Waals surface area contributed by atoms with Crippen LogP contribution in [0.4, 0.5) is 11.6 Å². The summed E-state index contributed by atoms with van der Waals surface area (Å²) in [6.07, 6.45) is 2.90. The van der Waals surface area contributed by atoms with Crippen molar-refractivity contribution in [1.82, 2.24) is 19.9 Å². The Morgan fingerprint density at radius 1 is 1.10 bits per heavy atom. The molecule has 0 unspecified atom stereocenters. The molecule has 10 nitrogen and oxygen atoms in total. The summed E-state index contributed by atoms with van der Waals surface area (Å²) < 4.78 is 0. The van der Waals surface area contributed by atoms with E-state index < -0.39 is 11.4 Å². The number of nitrogens with one attached hydrogen (secondary N) is 2. The zero-order chi connectivity index (χ0) is 15.1. The maximum Gasteiger partial charge on any atom is 0.346 e. The van der Waals surface area contributed by atoms with Crippen LogP contribution in [-0.2, 0) is 6.61 Å². The topological polar surface area (TPSA) is 181 Å². The first-order chi connectivity index (χ1) is 9.47. The van der Waals surface area contributed by atoms with Gasteiger partial charge in [-0.15, -0.1) is 0 Å². The summed E-state index contributed by atoms with van der Waals surface area (Å²) in [5, 5.41) is 8.57. The first kappa shape index (κ1) is 15.0. The van der Waals surface area contributed by atoms with Crippen LogP contribution in [-0.4, -0.2) is 31.3 Å². The summed E-state index contributed by atoms with van der Waals surface area (Å²) in [6.45, 7) is -0.213. The predicted octanol–water partition coefficient (Wildman–Crippen LogP) is -1.99. The highest BCUT2D eigenvalue weighted by atomic mass is 16.3. The van der Waals surface area contributed by atoms with E-state index in [2.05, 4.69) is 19.9 Å². The monoisotopic (exact) mass is 280 g/mol. The molecule has 0 fully saturated rings. The number of nitrogens with two attached hydrogens (primary N) is 2. The third kappa shape index (κ3) is 4.03. The number of rotatable bonds is 2. The van der Waals surface area contributed by atoms with E-state index in [0.717, 1.165) is 6.20 Å². The van der Waals surface area contributed by atoms with Gasteiger partial charge in [0.2, 0.25) is 0 Å². The molecule has 0 spiro atoms. The second-order valence-electron chi connectivity index (χ2n) is 3.46. The number of carbonyl (C=O) groups is 1. The molecule has 0 aliphatic heterocycles. The predicted molar refractivity (Wildman–Crippen MR) is 69.9 cm³/mol. The van der Waals surface area contributed by atoms with Gasteiger partial charge in [0, 0.05) is 18.0 Å². The standard InChI is InChI=1S/C5H7N3O2.C5H5N3O2/c2*6-4-3(2-9)1-7-5(10)8-4/h1,9H,2H2,(H3,6,7,8,10);1-2H,(H3,6,7,8,10). The number of aromatic nitrogens is 4. The van der Waals surface area contributed by atoms with Crippen molar-refractivity contribution in [2.24, 2.45) is 0 Å². The molecule has 10 heteroatoms. The van der Waals surface area contributed by atoms with Crippen molar-refractivity contribution in [2.45, 2.75) is 6.61 Å². The zero-order valence-electron chi connectivity index (χ0n) is 10.2. The van der Waals surface area contributed by atoms with Crippen molar-refractivity contribution >= 4 is 17.9 Å². The Morgan fingerprint density at radius 3 is 2.10 bits per heavy atom. The lowest BCUT2D eigenvalue weighted by atomic mass is 10.3. The molecule has 0 amide bonds. The van der Waals surface area contributed by atoms with E-state index in [1.54, 1.807) is 0 Å². The maximum absolute atomic E-state index is 10.4. The average Bonchev–Trinajstić information content (AvgIpc) is 2.40. The molecule has 0 aliphatic rings. The van der Waals surface area contributed by atoms with E-state index in [-0.39, 0.29) is 23.8 Å². The number of aromatic amines is 2. The first-order valence-corrected chi connectivity index (χ1v) is 5.22. The fourth-order valence-corrected chi connectivity index (χ4v) is 1.07. The average molecular weight is 280 g/mol. The molecule has 20 heavy (non-hydrogen) atoms. The van der Waals surface area contributed by atoms with Crippen LogP contribution in [0.2, 0.25) is 0 Å². The minimum Gasteiger partial charge on any atom is -0.391 e. The number of anilines is 2. The number of aliphatic hydroxyl groups is 1. The Labute approximate surface area is 111 Å². The molecule has 7 N–H and O–H groups in total. The van der Waals surface area contributed by atoms with Crippen molar-refractivity contribution in [3.05, 3.63) is 44.5 Å². The number of H-pyrrole nitrogens is 2. The van der Waals surface area contributed by atoms with Crippen LogP contribution in [0.25, 0.3) is 0 Å². The van der Waals surface area contributed by atoms with Crippen molar-refractivity contribution in [2.75, 3.05) is 11.5 Å². The molecule has 0 saturated carbocycles. The summed E-state index contributed by atoms with van der Waals surface area (Å²) in [5.74, 6) is 0.220. The first-order valence-electron chi connectivity index (χ1n) is 5.22. The van der Waals surface area contributed by atoms with Gasteiger partial charge in [-0.25, -0.2) is 19.6 Å². The third-order valence-corrected chi connectivity index (χ3v) is 2.10. The quantitative estimate of drug-likeness (QED) is 0.392. The van der Waals surface area contributed by atoms with Crippen molar-refractivity contribution < 1.29 is 9.90 Å². The van der Waals surface area contributed by atoms with Gasteiger partial charge in [0.05, 0.1) is 12.2 Å². The lowest BCUT2D eigenvalue weighted by Crippen LogP contribution is -2.13. The van der Waals surface area contributed by atoms with Crippen molar-refractivity contribution in [1.29, 1.82) is 0 Å². The second kappa shape index (κ2) is 6.80. The van der Waals surface area contributed by atoms with Crippen LogP contribution in [0, 0.1) is 0 Å². The molecule has 2 rings (SSSR count). The number of aldehydes is 1. The van der Waals surface area contributed by atoms with E-state index in [1.807, 2.05) is 0 Å². The van der Waals surface area contributed by atoms with E-state index in [0.29, 0.717) is 11.8 Å². The highest BCUT2D eigenvalue weighted by Gasteiger charge is 1.97. The summed E-state index contributed by atoms with van der Waals surface area (Å²) >= 11 is 0. The second-order valence-corrected chi connectivity index (χ2v) is 3.46. The van der Waals surface area contributed by atoms with E-state index in [9.17, 15) is 14.4 Å². The van der Waals surface area contributed by atoms with Gasteiger partial charge in [-0.05, 0) is 0 Å². The fourth-order valence-electron chi connectivity index (χ4n) is 1.07. The zero-order valence-corrected chi connectivity index (χ0v) is 10.2. The lowest BCUT2D eigenvalue weighted by molar-refractivity contribution is 0.112. The van der Waals surface area contributed by atoms with Gasteiger partial charge in [0.15, 0.2) is 6.29 Å². The number of aliphatic hydroxyl groups excluding tert-OH is 1. The van der Waals surface area contributed by atoms with Gasteiger partial charge >= 0.3 is 11.4 Å².